The molecule has 10 heteroatoms. The Kier molecular flexibility index (Phi) is 8.58. The minimum atomic E-state index is -1.43. The van der Waals surface area contributed by atoms with Gasteiger partial charge < -0.3 is 29.9 Å². The van der Waals surface area contributed by atoms with Crippen molar-refractivity contribution >= 4 is 23.2 Å². The fourth-order valence-electron chi connectivity index (χ4n) is 2.80. The maximum atomic E-state index is 12.7. The summed E-state index contributed by atoms with van der Waals surface area (Å²) in [5.41, 5.74) is 0. The normalized spacial score (nSPS) is 26.4. The zero-order valence-electron chi connectivity index (χ0n) is 15.4. The quantitative estimate of drug-likeness (QED) is 0.570. The van der Waals surface area contributed by atoms with E-state index in [2.05, 4.69) is 4.98 Å². The zero-order chi connectivity index (χ0) is 19.8. The highest BCUT2D eigenvalue weighted by atomic mass is 32.1. The summed E-state index contributed by atoms with van der Waals surface area (Å²) in [5.74, 6) is -0.488. The molecule has 3 atom stereocenters. The Hall–Kier alpha value is -1.59. The van der Waals surface area contributed by atoms with Gasteiger partial charge in [-0.1, -0.05) is 0 Å². The summed E-state index contributed by atoms with van der Waals surface area (Å²) in [4.78, 5) is 31.6. The maximum absolute atomic E-state index is 12.7. The third-order valence-electron chi connectivity index (χ3n) is 4.44. The van der Waals surface area contributed by atoms with Gasteiger partial charge in [-0.3, -0.25) is 9.59 Å². The summed E-state index contributed by atoms with van der Waals surface area (Å²) in [6.45, 7) is 2.45. The van der Waals surface area contributed by atoms with Crippen molar-refractivity contribution in [3.63, 3.8) is 0 Å². The van der Waals surface area contributed by atoms with E-state index in [9.17, 15) is 24.9 Å². The van der Waals surface area contributed by atoms with Crippen LogP contribution < -0.4 is 0 Å². The average molecular weight is 401 g/mol. The van der Waals surface area contributed by atoms with Gasteiger partial charge in [0.15, 0.2) is 5.01 Å². The van der Waals surface area contributed by atoms with Gasteiger partial charge in [-0.15, -0.1) is 11.3 Å². The Balaban J connectivity index is 2.10. The van der Waals surface area contributed by atoms with E-state index in [1.54, 1.807) is 16.5 Å². The number of amides is 2. The Morgan fingerprint density at radius 3 is 2.56 bits per heavy atom. The van der Waals surface area contributed by atoms with Crippen molar-refractivity contribution in [1.82, 2.24) is 14.8 Å². The number of hydrogen-bond donors (Lipinski definition) is 3. The maximum Gasteiger partial charge on any atom is 0.282 e. The highest BCUT2D eigenvalue weighted by Crippen LogP contribution is 2.11. The van der Waals surface area contributed by atoms with Crippen molar-refractivity contribution in [2.24, 2.45) is 0 Å². The number of β-amino-alcohol motifs (C(OH)–C–C–N with tert-alkyl or cyclic N) is 1. The first-order chi connectivity index (χ1) is 12.9. The van der Waals surface area contributed by atoms with E-state index < -0.39 is 18.3 Å². The van der Waals surface area contributed by atoms with Gasteiger partial charge >= 0.3 is 0 Å². The van der Waals surface area contributed by atoms with Gasteiger partial charge in [0.25, 0.3) is 5.91 Å². The number of aromatic nitrogens is 1. The predicted molar refractivity (Wildman–Crippen MR) is 98.3 cm³/mol. The molecule has 152 valence electrons. The topological polar surface area (TPSA) is 123 Å². The lowest BCUT2D eigenvalue weighted by Gasteiger charge is -2.31. The van der Waals surface area contributed by atoms with Gasteiger partial charge in [-0.25, -0.2) is 4.98 Å². The number of aliphatic hydroxyl groups excluding tert-OH is 3. The molecule has 1 aliphatic heterocycles. The first kappa shape index (κ1) is 21.7. The SMILES string of the molecule is CC(=O)N1CCN(C(=O)c2nccs2)CCCCOC[C@@H](O)[C@H](O)[C@@H](O)C1. The molecule has 1 aliphatic rings. The van der Waals surface area contributed by atoms with E-state index in [1.807, 2.05) is 0 Å². The van der Waals surface area contributed by atoms with Crippen LogP contribution in [-0.2, 0) is 9.53 Å². The first-order valence-electron chi connectivity index (χ1n) is 8.96. The molecule has 1 saturated heterocycles. The molecule has 0 spiro atoms. The van der Waals surface area contributed by atoms with Gasteiger partial charge in [0.2, 0.25) is 5.91 Å². The lowest BCUT2D eigenvalue weighted by atomic mass is 10.1. The predicted octanol–water partition coefficient (Wildman–Crippen LogP) is -0.673. The lowest BCUT2D eigenvalue weighted by Crippen LogP contribution is -2.49. The van der Waals surface area contributed by atoms with E-state index in [4.69, 9.17) is 4.74 Å². The summed E-state index contributed by atoms with van der Waals surface area (Å²) in [6, 6.07) is 0. The Labute approximate surface area is 162 Å². The molecule has 2 amide bonds. The minimum absolute atomic E-state index is 0.111. The largest absolute Gasteiger partial charge is 0.388 e. The Morgan fingerprint density at radius 2 is 1.89 bits per heavy atom. The smallest absolute Gasteiger partial charge is 0.282 e. The van der Waals surface area contributed by atoms with Crippen molar-refractivity contribution in [2.45, 2.75) is 38.1 Å². The second-order valence-electron chi connectivity index (χ2n) is 6.50. The van der Waals surface area contributed by atoms with Crippen molar-refractivity contribution in [1.29, 1.82) is 0 Å². The van der Waals surface area contributed by atoms with Crippen molar-refractivity contribution in [3.8, 4) is 0 Å². The van der Waals surface area contributed by atoms with Crippen LogP contribution in [0.25, 0.3) is 0 Å². The van der Waals surface area contributed by atoms with Crippen LogP contribution in [0.2, 0.25) is 0 Å². The van der Waals surface area contributed by atoms with Crippen molar-refractivity contribution in [3.05, 3.63) is 16.6 Å². The monoisotopic (exact) mass is 401 g/mol. The highest BCUT2D eigenvalue weighted by Gasteiger charge is 2.28. The molecule has 3 N–H and O–H groups in total. The van der Waals surface area contributed by atoms with Gasteiger partial charge in [-0.05, 0) is 12.8 Å². The van der Waals surface area contributed by atoms with Crippen LogP contribution in [-0.4, -0.2) is 99.6 Å². The van der Waals surface area contributed by atoms with Gasteiger partial charge in [0.1, 0.15) is 18.3 Å². The van der Waals surface area contributed by atoms with Crippen LogP contribution in [0.5, 0.6) is 0 Å². The third-order valence-corrected chi connectivity index (χ3v) is 5.20. The average Bonchev–Trinajstić information content (AvgIpc) is 3.18. The Morgan fingerprint density at radius 1 is 1.15 bits per heavy atom. The van der Waals surface area contributed by atoms with E-state index in [0.717, 1.165) is 0 Å². The van der Waals surface area contributed by atoms with Crippen LogP contribution in [0.3, 0.4) is 0 Å². The second-order valence-corrected chi connectivity index (χ2v) is 7.40. The van der Waals surface area contributed by atoms with E-state index in [0.29, 0.717) is 31.0 Å². The van der Waals surface area contributed by atoms with E-state index >= 15 is 0 Å². The number of ether oxygens (including phenoxy) is 1. The van der Waals surface area contributed by atoms with Crippen LogP contribution in [0.1, 0.15) is 29.6 Å². The van der Waals surface area contributed by atoms with Gasteiger partial charge in [0, 0.05) is 51.3 Å². The fourth-order valence-corrected chi connectivity index (χ4v) is 3.40. The molecule has 0 aromatic carbocycles. The van der Waals surface area contributed by atoms with Gasteiger partial charge in [-0.2, -0.15) is 0 Å². The molecule has 1 fully saturated rings. The number of thiazole rings is 1. The first-order valence-corrected chi connectivity index (χ1v) is 9.84. The van der Waals surface area contributed by atoms with Crippen LogP contribution in [0.15, 0.2) is 11.6 Å². The zero-order valence-corrected chi connectivity index (χ0v) is 16.2. The second kappa shape index (κ2) is 10.7. The van der Waals surface area contributed by atoms with Crippen LogP contribution in [0.4, 0.5) is 0 Å². The van der Waals surface area contributed by atoms with Crippen LogP contribution in [0, 0.1) is 0 Å². The van der Waals surface area contributed by atoms with Gasteiger partial charge in [0.05, 0.1) is 6.61 Å². The molecule has 0 radical (unpaired) electrons. The fraction of sp³-hybridized carbons (Fsp3) is 0.706. The molecule has 1 aromatic rings. The summed E-state index contributed by atoms with van der Waals surface area (Å²) < 4.78 is 5.34. The number of carbonyl (C=O) groups is 2. The molecule has 2 rings (SSSR count). The van der Waals surface area contributed by atoms with E-state index in [-0.39, 0.29) is 38.1 Å². The number of hydrogen-bond acceptors (Lipinski definition) is 8. The number of rotatable bonds is 1. The standard InChI is InChI=1S/C17H27N3O6S/c1-12(21)20-7-6-19(17(25)16-18-4-9-27-16)5-2-3-8-26-11-14(23)15(24)13(22)10-20/h4,9,13-15,22-24H,2-3,5-8,10-11H2,1H3/t13-,14+,15+/m0/s1. The van der Waals surface area contributed by atoms with Crippen molar-refractivity contribution in [2.75, 3.05) is 39.4 Å². The Bertz CT molecular complexity index is 599. The number of aliphatic hydroxyl groups is 3. The molecule has 9 nitrogen and oxygen atoms in total. The number of carbonyl (C=O) groups excluding carboxylic acids is 2. The highest BCUT2D eigenvalue weighted by molar-refractivity contribution is 7.11. The number of nitrogens with zero attached hydrogens (tertiary/aromatic N) is 3. The van der Waals surface area contributed by atoms with Crippen molar-refractivity contribution < 1.29 is 29.6 Å². The molecule has 2 heterocycles. The molecule has 27 heavy (non-hydrogen) atoms. The molecular formula is C17H27N3O6S. The summed E-state index contributed by atoms with van der Waals surface area (Å²) in [6.07, 6.45) is -1.05. The van der Waals surface area contributed by atoms with Crippen LogP contribution >= 0.6 is 11.3 Å². The minimum Gasteiger partial charge on any atom is -0.388 e. The molecule has 0 bridgehead atoms. The summed E-state index contributed by atoms with van der Waals surface area (Å²) >= 11 is 1.26. The molecule has 0 saturated carbocycles. The lowest BCUT2D eigenvalue weighted by molar-refractivity contribution is -0.134. The molecule has 0 aliphatic carbocycles. The summed E-state index contributed by atoms with van der Waals surface area (Å²) in [7, 11) is 0. The van der Waals surface area contributed by atoms with E-state index in [1.165, 1.54) is 23.2 Å². The molecule has 0 unspecified atom stereocenters. The molecular weight excluding hydrogens is 374 g/mol. The third kappa shape index (κ3) is 6.51. The molecule has 1 aromatic heterocycles. The summed E-state index contributed by atoms with van der Waals surface area (Å²) in [5, 5.41) is 32.2.